The molecular formula is C17H27N. The van der Waals surface area contributed by atoms with Crippen LogP contribution in [0.25, 0.3) is 0 Å². The molecule has 100 valence electrons. The van der Waals surface area contributed by atoms with Gasteiger partial charge in [0.05, 0.1) is 0 Å². The quantitative estimate of drug-likeness (QED) is 0.598. The first-order valence-electron chi connectivity index (χ1n) is 7.63. The smallest absolute Gasteiger partial charge is 0.0412 e. The van der Waals surface area contributed by atoms with Gasteiger partial charge < -0.3 is 5.73 Å². The first-order chi connectivity index (χ1) is 8.76. The molecule has 1 atom stereocenters. The van der Waals surface area contributed by atoms with Gasteiger partial charge >= 0.3 is 0 Å². The van der Waals surface area contributed by atoms with Gasteiger partial charge in [0.1, 0.15) is 0 Å². The van der Waals surface area contributed by atoms with E-state index in [1.54, 1.807) is 0 Å². The van der Waals surface area contributed by atoms with Gasteiger partial charge in [-0.05, 0) is 36.8 Å². The lowest BCUT2D eigenvalue weighted by Gasteiger charge is -2.30. The molecule has 1 aromatic carbocycles. The Labute approximate surface area is 112 Å². The molecule has 0 saturated carbocycles. The summed E-state index contributed by atoms with van der Waals surface area (Å²) < 4.78 is 0. The molecule has 2 rings (SSSR count). The largest absolute Gasteiger partial charge is 0.321 e. The predicted molar refractivity (Wildman–Crippen MR) is 78.6 cm³/mol. The van der Waals surface area contributed by atoms with Crippen LogP contribution in [0.2, 0.25) is 0 Å². The summed E-state index contributed by atoms with van der Waals surface area (Å²) in [7, 11) is 0. The first kappa shape index (κ1) is 13.6. The van der Waals surface area contributed by atoms with Gasteiger partial charge in [-0.15, -0.1) is 0 Å². The van der Waals surface area contributed by atoms with Gasteiger partial charge in [-0.25, -0.2) is 0 Å². The summed E-state index contributed by atoms with van der Waals surface area (Å²) in [5.41, 5.74) is 9.62. The lowest BCUT2D eigenvalue weighted by atomic mass is 9.81. The maximum atomic E-state index is 6.75. The van der Waals surface area contributed by atoms with E-state index < -0.39 is 0 Å². The standard InChI is InChI=1S/C17H27N/c1-2-3-4-8-13-17(18)14-9-7-11-15-10-5-6-12-16(15)17/h5-6,10,12H,2-4,7-9,11,13-14,18H2,1H3. The van der Waals surface area contributed by atoms with E-state index in [0.29, 0.717) is 0 Å². The maximum absolute atomic E-state index is 6.75. The first-order valence-corrected chi connectivity index (χ1v) is 7.63. The Morgan fingerprint density at radius 3 is 2.78 bits per heavy atom. The number of unbranched alkanes of at least 4 members (excludes halogenated alkanes) is 3. The minimum Gasteiger partial charge on any atom is -0.321 e. The van der Waals surface area contributed by atoms with E-state index in [1.165, 1.54) is 56.1 Å². The van der Waals surface area contributed by atoms with Crippen LogP contribution in [-0.4, -0.2) is 0 Å². The van der Waals surface area contributed by atoms with E-state index >= 15 is 0 Å². The van der Waals surface area contributed by atoms with Crippen LogP contribution in [0.5, 0.6) is 0 Å². The fourth-order valence-electron chi connectivity index (χ4n) is 3.24. The van der Waals surface area contributed by atoms with Crippen LogP contribution in [0.15, 0.2) is 24.3 Å². The van der Waals surface area contributed by atoms with E-state index in [9.17, 15) is 0 Å². The van der Waals surface area contributed by atoms with E-state index in [1.807, 2.05) is 0 Å². The SMILES string of the molecule is CCCCCCC1(N)CCCCc2ccccc21. The molecule has 0 saturated heterocycles. The minimum absolute atomic E-state index is 0.0547. The van der Waals surface area contributed by atoms with Crippen molar-refractivity contribution in [3.8, 4) is 0 Å². The number of benzene rings is 1. The molecule has 0 bridgehead atoms. The summed E-state index contributed by atoms with van der Waals surface area (Å²) in [5, 5.41) is 0. The number of fused-ring (bicyclic) bond motifs is 1. The lowest BCUT2D eigenvalue weighted by Crippen LogP contribution is -2.36. The highest BCUT2D eigenvalue weighted by atomic mass is 14.7. The lowest BCUT2D eigenvalue weighted by molar-refractivity contribution is 0.355. The number of hydrogen-bond donors (Lipinski definition) is 1. The van der Waals surface area contributed by atoms with Crippen LogP contribution in [0, 0.1) is 0 Å². The monoisotopic (exact) mass is 245 g/mol. The molecule has 0 spiro atoms. The van der Waals surface area contributed by atoms with E-state index in [0.717, 1.165) is 12.8 Å². The number of rotatable bonds is 5. The highest BCUT2D eigenvalue weighted by Gasteiger charge is 2.30. The number of nitrogens with two attached hydrogens (primary N) is 1. The molecule has 1 heteroatoms. The van der Waals surface area contributed by atoms with Gasteiger partial charge in [0.2, 0.25) is 0 Å². The molecule has 0 radical (unpaired) electrons. The van der Waals surface area contributed by atoms with Crippen LogP contribution in [0.3, 0.4) is 0 Å². The fraction of sp³-hybridized carbons (Fsp3) is 0.647. The second-order valence-electron chi connectivity index (χ2n) is 5.83. The Kier molecular flexibility index (Phi) is 4.82. The van der Waals surface area contributed by atoms with Crippen molar-refractivity contribution >= 4 is 0 Å². The molecule has 0 aromatic heterocycles. The second kappa shape index (κ2) is 6.38. The van der Waals surface area contributed by atoms with Crippen molar-refractivity contribution in [1.29, 1.82) is 0 Å². The van der Waals surface area contributed by atoms with Gasteiger partial charge in [-0.2, -0.15) is 0 Å². The summed E-state index contributed by atoms with van der Waals surface area (Å²) in [4.78, 5) is 0. The molecule has 1 nitrogen and oxygen atoms in total. The fourth-order valence-corrected chi connectivity index (χ4v) is 3.24. The Morgan fingerprint density at radius 1 is 1.11 bits per heavy atom. The Balaban J connectivity index is 2.10. The number of hydrogen-bond acceptors (Lipinski definition) is 1. The van der Waals surface area contributed by atoms with Crippen molar-refractivity contribution in [2.45, 2.75) is 70.3 Å². The van der Waals surface area contributed by atoms with Gasteiger partial charge in [0, 0.05) is 5.54 Å². The molecule has 2 N–H and O–H groups in total. The summed E-state index contributed by atoms with van der Waals surface area (Å²) in [6.07, 6.45) is 11.4. The van der Waals surface area contributed by atoms with Crippen LogP contribution >= 0.6 is 0 Å². The average Bonchev–Trinajstić information content (AvgIpc) is 2.56. The van der Waals surface area contributed by atoms with E-state index in [4.69, 9.17) is 5.73 Å². The second-order valence-corrected chi connectivity index (χ2v) is 5.83. The maximum Gasteiger partial charge on any atom is 0.0412 e. The number of aryl methyl sites for hydroxylation is 1. The van der Waals surface area contributed by atoms with Crippen molar-refractivity contribution in [2.75, 3.05) is 0 Å². The van der Waals surface area contributed by atoms with Crippen LogP contribution in [0.1, 0.15) is 69.4 Å². The predicted octanol–water partition coefficient (Wildman–Crippen LogP) is 4.54. The third-order valence-corrected chi connectivity index (χ3v) is 4.35. The Morgan fingerprint density at radius 2 is 1.94 bits per heavy atom. The van der Waals surface area contributed by atoms with Crippen molar-refractivity contribution in [3.05, 3.63) is 35.4 Å². The highest BCUT2D eigenvalue weighted by Crippen LogP contribution is 2.35. The molecule has 1 unspecified atom stereocenters. The molecular weight excluding hydrogens is 218 g/mol. The van der Waals surface area contributed by atoms with Crippen molar-refractivity contribution in [2.24, 2.45) is 5.73 Å². The van der Waals surface area contributed by atoms with Crippen LogP contribution in [0.4, 0.5) is 0 Å². The summed E-state index contributed by atoms with van der Waals surface area (Å²) in [5.74, 6) is 0. The van der Waals surface area contributed by atoms with E-state index in [-0.39, 0.29) is 5.54 Å². The van der Waals surface area contributed by atoms with Crippen molar-refractivity contribution in [3.63, 3.8) is 0 Å². The zero-order chi connectivity index (χ0) is 12.8. The van der Waals surface area contributed by atoms with Gasteiger partial charge in [0.15, 0.2) is 0 Å². The zero-order valence-corrected chi connectivity index (χ0v) is 11.8. The van der Waals surface area contributed by atoms with Gasteiger partial charge in [-0.3, -0.25) is 0 Å². The average molecular weight is 245 g/mol. The summed E-state index contributed by atoms with van der Waals surface area (Å²) in [6.45, 7) is 2.26. The van der Waals surface area contributed by atoms with Crippen LogP contribution < -0.4 is 5.73 Å². The molecule has 0 aliphatic heterocycles. The zero-order valence-electron chi connectivity index (χ0n) is 11.8. The van der Waals surface area contributed by atoms with Crippen molar-refractivity contribution < 1.29 is 0 Å². The Bertz CT molecular complexity index is 372. The Hall–Kier alpha value is -0.820. The van der Waals surface area contributed by atoms with Crippen molar-refractivity contribution in [1.82, 2.24) is 0 Å². The van der Waals surface area contributed by atoms with Crippen LogP contribution in [-0.2, 0) is 12.0 Å². The molecule has 0 amide bonds. The topological polar surface area (TPSA) is 26.0 Å². The van der Waals surface area contributed by atoms with Gasteiger partial charge in [0.25, 0.3) is 0 Å². The minimum atomic E-state index is -0.0547. The van der Waals surface area contributed by atoms with Gasteiger partial charge in [-0.1, -0.05) is 63.3 Å². The molecule has 0 heterocycles. The third-order valence-electron chi connectivity index (χ3n) is 4.35. The normalized spacial score (nSPS) is 23.4. The summed E-state index contributed by atoms with van der Waals surface area (Å²) >= 11 is 0. The summed E-state index contributed by atoms with van der Waals surface area (Å²) in [6, 6.07) is 8.84. The van der Waals surface area contributed by atoms with E-state index in [2.05, 4.69) is 31.2 Å². The molecule has 1 aliphatic carbocycles. The highest BCUT2D eigenvalue weighted by molar-refractivity contribution is 5.34. The molecule has 1 aromatic rings. The molecule has 0 fully saturated rings. The molecule has 1 aliphatic rings. The molecule has 18 heavy (non-hydrogen) atoms. The third kappa shape index (κ3) is 3.14.